The predicted molar refractivity (Wildman–Crippen MR) is 91.9 cm³/mol. The lowest BCUT2D eigenvalue weighted by Crippen LogP contribution is -2.40. The average molecular weight is 386 g/mol. The Labute approximate surface area is 146 Å². The molecule has 0 heterocycles. The fourth-order valence-electron chi connectivity index (χ4n) is 2.12. The minimum Gasteiger partial charge on any atom is -0.330 e. The molecular weight excluding hydrogens is 368 g/mol. The first kappa shape index (κ1) is 19.5. The van der Waals surface area contributed by atoms with Crippen molar-refractivity contribution in [1.29, 1.82) is 0 Å². The Morgan fingerprint density at radius 2 is 1.00 bits per heavy atom. The van der Waals surface area contributed by atoms with Crippen LogP contribution in [-0.4, -0.2) is 16.8 Å². The zero-order valence-corrected chi connectivity index (χ0v) is 14.6. The molecule has 2 rings (SSSR count). The summed E-state index contributed by atoms with van der Waals surface area (Å²) in [5, 5.41) is 0. The van der Waals surface area contributed by atoms with E-state index in [1.807, 2.05) is 0 Å². The van der Waals surface area contributed by atoms with Crippen molar-refractivity contribution in [3.05, 3.63) is 71.8 Å². The molecule has 0 saturated heterocycles. The van der Waals surface area contributed by atoms with Crippen molar-refractivity contribution in [2.45, 2.75) is 10.9 Å². The lowest BCUT2D eigenvalue weighted by atomic mass is 10.2. The first-order valence-electron chi connectivity index (χ1n) is 6.99. The van der Waals surface area contributed by atoms with Gasteiger partial charge in [0.25, 0.3) is 20.0 Å². The van der Waals surface area contributed by atoms with Gasteiger partial charge in [0.2, 0.25) is 10.9 Å². The van der Waals surface area contributed by atoms with Gasteiger partial charge >= 0.3 is 0 Å². The van der Waals surface area contributed by atoms with Crippen LogP contribution >= 0.6 is 0 Å². The highest BCUT2D eigenvalue weighted by Crippen LogP contribution is 2.32. The molecule has 0 bridgehead atoms. The van der Waals surface area contributed by atoms with Crippen LogP contribution in [0.5, 0.6) is 0 Å². The van der Waals surface area contributed by atoms with Crippen LogP contribution < -0.4 is 21.3 Å². The molecule has 136 valence electrons. The molecule has 2 aromatic rings. The van der Waals surface area contributed by atoms with Crippen LogP contribution in [0.2, 0.25) is 0 Å². The molecule has 0 aliphatic heterocycles. The van der Waals surface area contributed by atoms with E-state index in [1.54, 1.807) is 46.1 Å². The molecule has 2 aromatic carbocycles. The van der Waals surface area contributed by atoms with Crippen molar-refractivity contribution in [2.24, 2.45) is 11.7 Å². The molecule has 0 saturated carbocycles. The van der Waals surface area contributed by atoms with Crippen LogP contribution in [-0.2, 0) is 24.8 Å². The average Bonchev–Trinajstić information content (AvgIpc) is 2.63. The van der Waals surface area contributed by atoms with Crippen LogP contribution in [0.4, 0.5) is 0 Å². The number of nitrogens with two attached hydrogens (primary N) is 2. The number of hydrazine groups is 2. The molecule has 0 aliphatic carbocycles. The standard InChI is InChI=1S/C14H18N4O5S2/c15-17-24(19,20)13(11-7-3-1-4-8-11)23-14(25(21,22)18-16)12-9-5-2-6-10-12/h1-10,13-14,17-18H,15-16H2. The first-order chi connectivity index (χ1) is 11.8. The van der Waals surface area contributed by atoms with Crippen molar-refractivity contribution < 1.29 is 21.6 Å². The van der Waals surface area contributed by atoms with Gasteiger partial charge in [0.15, 0.2) is 0 Å². The molecule has 0 amide bonds. The monoisotopic (exact) mass is 386 g/mol. The number of benzene rings is 2. The Hall–Kier alpha value is -1.86. The minimum atomic E-state index is -4.21. The summed E-state index contributed by atoms with van der Waals surface area (Å²) in [6.45, 7) is 0. The first-order valence-corrected chi connectivity index (χ1v) is 10.1. The summed E-state index contributed by atoms with van der Waals surface area (Å²) in [6, 6.07) is 15.6. The van der Waals surface area contributed by atoms with Crippen LogP contribution in [0.3, 0.4) is 0 Å². The molecule has 0 spiro atoms. The van der Waals surface area contributed by atoms with Gasteiger partial charge in [-0.1, -0.05) is 60.7 Å². The number of nitrogens with one attached hydrogen (secondary N) is 2. The maximum absolute atomic E-state index is 12.3. The lowest BCUT2D eigenvalue weighted by Gasteiger charge is -2.24. The summed E-state index contributed by atoms with van der Waals surface area (Å²) in [4.78, 5) is 3.33. The molecule has 2 unspecified atom stereocenters. The van der Waals surface area contributed by atoms with E-state index < -0.39 is 30.9 Å². The molecule has 25 heavy (non-hydrogen) atoms. The highest BCUT2D eigenvalue weighted by atomic mass is 32.2. The van der Waals surface area contributed by atoms with Gasteiger partial charge in [-0.2, -0.15) is 9.66 Å². The zero-order chi connectivity index (χ0) is 18.5. The number of sulfonamides is 2. The molecular formula is C14H18N4O5S2. The zero-order valence-electron chi connectivity index (χ0n) is 12.9. The van der Waals surface area contributed by atoms with Crippen molar-refractivity contribution in [3.8, 4) is 0 Å². The minimum absolute atomic E-state index is 0.202. The van der Waals surface area contributed by atoms with E-state index in [1.165, 1.54) is 24.3 Å². The maximum Gasteiger partial charge on any atom is 0.255 e. The van der Waals surface area contributed by atoms with Crippen molar-refractivity contribution in [2.75, 3.05) is 0 Å². The van der Waals surface area contributed by atoms with E-state index >= 15 is 0 Å². The second kappa shape index (κ2) is 8.01. The van der Waals surface area contributed by atoms with Crippen molar-refractivity contribution >= 4 is 20.0 Å². The smallest absolute Gasteiger partial charge is 0.255 e. The Morgan fingerprint density at radius 3 is 1.28 bits per heavy atom. The number of rotatable bonds is 8. The third-order valence-electron chi connectivity index (χ3n) is 3.28. The third kappa shape index (κ3) is 4.61. The number of hydrogen-bond donors (Lipinski definition) is 4. The van der Waals surface area contributed by atoms with Gasteiger partial charge in [-0.25, -0.2) is 16.8 Å². The summed E-state index contributed by atoms with van der Waals surface area (Å²) in [5.41, 5.74) is -2.94. The molecule has 0 aromatic heterocycles. The molecule has 6 N–H and O–H groups in total. The normalized spacial score (nSPS) is 14.8. The lowest BCUT2D eigenvalue weighted by molar-refractivity contribution is 0.0765. The summed E-state index contributed by atoms with van der Waals surface area (Å²) in [7, 11) is -8.42. The second-order valence-electron chi connectivity index (χ2n) is 4.95. The second-order valence-corrected chi connectivity index (χ2v) is 8.45. The number of hydrogen-bond acceptors (Lipinski definition) is 7. The van der Waals surface area contributed by atoms with E-state index in [2.05, 4.69) is 0 Å². The summed E-state index contributed by atoms with van der Waals surface area (Å²) in [6.07, 6.45) is 0. The van der Waals surface area contributed by atoms with E-state index in [4.69, 9.17) is 16.4 Å². The van der Waals surface area contributed by atoms with Crippen LogP contribution in [0.25, 0.3) is 0 Å². The summed E-state index contributed by atoms with van der Waals surface area (Å²) >= 11 is 0. The van der Waals surface area contributed by atoms with Crippen LogP contribution in [0.1, 0.15) is 22.0 Å². The third-order valence-corrected chi connectivity index (χ3v) is 5.83. The molecule has 11 heteroatoms. The van der Waals surface area contributed by atoms with Gasteiger partial charge in [-0.15, -0.1) is 0 Å². The van der Waals surface area contributed by atoms with Gasteiger partial charge in [-0.3, -0.25) is 11.7 Å². The van der Waals surface area contributed by atoms with Gasteiger partial charge in [0.1, 0.15) is 0 Å². The summed E-state index contributed by atoms with van der Waals surface area (Å²) < 4.78 is 54.6. The molecule has 0 radical (unpaired) electrons. The molecule has 0 aliphatic rings. The number of ether oxygens (including phenoxy) is 1. The Balaban J connectivity index is 2.53. The Morgan fingerprint density at radius 1 is 0.680 bits per heavy atom. The van der Waals surface area contributed by atoms with E-state index in [-0.39, 0.29) is 11.1 Å². The molecule has 9 nitrogen and oxygen atoms in total. The van der Waals surface area contributed by atoms with Gasteiger partial charge in [-0.05, 0) is 11.1 Å². The highest BCUT2D eigenvalue weighted by molar-refractivity contribution is 7.90. The fourth-order valence-corrected chi connectivity index (χ4v) is 3.98. The van der Waals surface area contributed by atoms with Crippen LogP contribution in [0, 0.1) is 0 Å². The van der Waals surface area contributed by atoms with E-state index in [0.717, 1.165) is 0 Å². The summed E-state index contributed by atoms with van der Waals surface area (Å²) in [5.74, 6) is 10.2. The highest BCUT2D eigenvalue weighted by Gasteiger charge is 2.36. The maximum atomic E-state index is 12.3. The Bertz CT molecular complexity index is 814. The van der Waals surface area contributed by atoms with Crippen molar-refractivity contribution in [1.82, 2.24) is 9.66 Å². The topological polar surface area (TPSA) is 154 Å². The predicted octanol–water partition coefficient (Wildman–Crippen LogP) is -0.0132. The van der Waals surface area contributed by atoms with E-state index in [0.29, 0.717) is 0 Å². The molecule has 2 atom stereocenters. The Kier molecular flexibility index (Phi) is 6.24. The van der Waals surface area contributed by atoms with E-state index in [9.17, 15) is 16.8 Å². The quantitative estimate of drug-likeness (QED) is 0.367. The fraction of sp³-hybridized carbons (Fsp3) is 0.143. The van der Waals surface area contributed by atoms with Gasteiger partial charge < -0.3 is 4.74 Å². The SMILES string of the molecule is NNS(=O)(=O)C(OC(c1ccccc1)S(=O)(=O)NN)c1ccccc1. The van der Waals surface area contributed by atoms with Gasteiger partial charge in [0, 0.05) is 0 Å². The van der Waals surface area contributed by atoms with Crippen LogP contribution in [0.15, 0.2) is 60.7 Å². The van der Waals surface area contributed by atoms with Crippen molar-refractivity contribution in [3.63, 3.8) is 0 Å². The molecule has 0 fully saturated rings. The largest absolute Gasteiger partial charge is 0.330 e. The van der Waals surface area contributed by atoms with Gasteiger partial charge in [0.05, 0.1) is 0 Å².